The first-order chi connectivity index (χ1) is 18.7. The quantitative estimate of drug-likeness (QED) is 0.326. The number of nitrogens with one attached hydrogen (secondary N) is 2. The number of urea groups is 1. The van der Waals surface area contributed by atoms with E-state index in [9.17, 15) is 23.6 Å². The van der Waals surface area contributed by atoms with Crippen molar-refractivity contribution in [2.24, 2.45) is 0 Å². The van der Waals surface area contributed by atoms with Crippen LogP contribution in [0.25, 0.3) is 6.08 Å². The molecular formula is C29H26FN3O6. The number of halogens is 1. The summed E-state index contributed by atoms with van der Waals surface area (Å²) in [5.41, 5.74) is 2.43. The molecule has 1 aliphatic heterocycles. The van der Waals surface area contributed by atoms with Crippen LogP contribution in [0.3, 0.4) is 0 Å². The van der Waals surface area contributed by atoms with Crippen molar-refractivity contribution >= 4 is 41.2 Å². The molecule has 0 radical (unpaired) electrons. The predicted molar refractivity (Wildman–Crippen MR) is 143 cm³/mol. The van der Waals surface area contributed by atoms with Gasteiger partial charge in [-0.15, -0.1) is 0 Å². The van der Waals surface area contributed by atoms with Gasteiger partial charge in [0.25, 0.3) is 17.7 Å². The van der Waals surface area contributed by atoms with E-state index < -0.39 is 36.2 Å². The van der Waals surface area contributed by atoms with Crippen molar-refractivity contribution in [3.05, 3.63) is 88.7 Å². The molecule has 4 rings (SSSR count). The molecule has 1 aliphatic rings. The number of hydrogen-bond acceptors (Lipinski definition) is 6. The van der Waals surface area contributed by atoms with Gasteiger partial charge >= 0.3 is 6.03 Å². The molecule has 9 nitrogen and oxygen atoms in total. The number of anilines is 2. The van der Waals surface area contributed by atoms with Crippen LogP contribution in [0.5, 0.6) is 11.5 Å². The maximum absolute atomic E-state index is 13.8. The summed E-state index contributed by atoms with van der Waals surface area (Å²) in [4.78, 5) is 51.5. The van der Waals surface area contributed by atoms with E-state index in [4.69, 9.17) is 9.47 Å². The van der Waals surface area contributed by atoms with Crippen molar-refractivity contribution in [2.45, 2.75) is 20.8 Å². The summed E-state index contributed by atoms with van der Waals surface area (Å²) in [5, 5.41) is 4.63. The molecule has 0 aromatic heterocycles. The minimum atomic E-state index is -0.835. The van der Waals surface area contributed by atoms with Crippen LogP contribution in [0.1, 0.15) is 23.6 Å². The van der Waals surface area contributed by atoms with Gasteiger partial charge in [0.2, 0.25) is 0 Å². The smallest absolute Gasteiger partial charge is 0.335 e. The number of rotatable bonds is 8. The summed E-state index contributed by atoms with van der Waals surface area (Å²) in [6, 6.07) is 14.7. The fraction of sp³-hybridized carbons (Fsp3) is 0.172. The average Bonchev–Trinajstić information content (AvgIpc) is 2.89. The van der Waals surface area contributed by atoms with E-state index in [0.29, 0.717) is 11.3 Å². The van der Waals surface area contributed by atoms with Crippen LogP contribution >= 0.6 is 0 Å². The summed E-state index contributed by atoms with van der Waals surface area (Å²) in [5.74, 6) is -2.25. The SMILES string of the molecule is CCOc1cc(/C=C2/C(=O)NC(=O)N(c3ccc(C)c(C)c3)C2=O)ccc1OCC(=O)Nc1ccccc1F. The lowest BCUT2D eigenvalue weighted by Gasteiger charge is -2.27. The zero-order valence-electron chi connectivity index (χ0n) is 21.5. The van der Waals surface area contributed by atoms with Crippen LogP contribution in [0.15, 0.2) is 66.2 Å². The zero-order chi connectivity index (χ0) is 28.1. The van der Waals surface area contributed by atoms with Crippen molar-refractivity contribution in [2.75, 3.05) is 23.4 Å². The fourth-order valence-electron chi connectivity index (χ4n) is 3.82. The first kappa shape index (κ1) is 27.1. The number of imide groups is 2. The summed E-state index contributed by atoms with van der Waals surface area (Å²) in [6.45, 7) is 5.38. The second-order valence-electron chi connectivity index (χ2n) is 8.68. The Kier molecular flexibility index (Phi) is 8.04. The van der Waals surface area contributed by atoms with E-state index >= 15 is 0 Å². The molecule has 0 atom stereocenters. The summed E-state index contributed by atoms with van der Waals surface area (Å²) in [7, 11) is 0. The Labute approximate surface area is 224 Å². The van der Waals surface area contributed by atoms with E-state index in [1.54, 1.807) is 37.3 Å². The topological polar surface area (TPSA) is 114 Å². The van der Waals surface area contributed by atoms with Crippen LogP contribution in [-0.2, 0) is 14.4 Å². The second-order valence-corrected chi connectivity index (χ2v) is 8.68. The summed E-state index contributed by atoms with van der Waals surface area (Å²) < 4.78 is 25.0. The molecule has 0 bridgehead atoms. The second kappa shape index (κ2) is 11.6. The van der Waals surface area contributed by atoms with E-state index in [1.165, 1.54) is 36.4 Å². The highest BCUT2D eigenvalue weighted by Crippen LogP contribution is 2.30. The lowest BCUT2D eigenvalue weighted by atomic mass is 10.0. The third-order valence-electron chi connectivity index (χ3n) is 5.94. The highest BCUT2D eigenvalue weighted by Gasteiger charge is 2.37. The van der Waals surface area contributed by atoms with Crippen LogP contribution in [0.2, 0.25) is 0 Å². The van der Waals surface area contributed by atoms with Gasteiger partial charge in [-0.05, 0) is 79.9 Å². The average molecular weight is 532 g/mol. The number of para-hydroxylation sites is 1. The van der Waals surface area contributed by atoms with E-state index in [1.807, 2.05) is 13.8 Å². The number of hydrogen-bond donors (Lipinski definition) is 2. The van der Waals surface area contributed by atoms with Crippen molar-refractivity contribution in [1.29, 1.82) is 0 Å². The molecular weight excluding hydrogens is 505 g/mol. The van der Waals surface area contributed by atoms with Gasteiger partial charge in [0.05, 0.1) is 18.0 Å². The third kappa shape index (κ3) is 6.12. The number of aryl methyl sites for hydroxylation is 2. The number of nitrogens with zero attached hydrogens (tertiary/aromatic N) is 1. The van der Waals surface area contributed by atoms with Crippen LogP contribution in [0.4, 0.5) is 20.6 Å². The highest BCUT2D eigenvalue weighted by atomic mass is 19.1. The van der Waals surface area contributed by atoms with Gasteiger partial charge < -0.3 is 14.8 Å². The molecule has 0 aliphatic carbocycles. The Hall–Kier alpha value is -4.99. The minimum absolute atomic E-state index is 0.0295. The molecule has 3 aromatic rings. The normalized spacial score (nSPS) is 14.3. The molecule has 10 heteroatoms. The summed E-state index contributed by atoms with van der Waals surface area (Å²) in [6.07, 6.45) is 1.34. The zero-order valence-corrected chi connectivity index (χ0v) is 21.5. The molecule has 39 heavy (non-hydrogen) atoms. The van der Waals surface area contributed by atoms with Gasteiger partial charge in [0.1, 0.15) is 11.4 Å². The van der Waals surface area contributed by atoms with E-state index in [-0.39, 0.29) is 29.4 Å². The van der Waals surface area contributed by atoms with Gasteiger partial charge in [0.15, 0.2) is 18.1 Å². The predicted octanol–water partition coefficient (Wildman–Crippen LogP) is 4.53. The number of barbiturate groups is 1. The third-order valence-corrected chi connectivity index (χ3v) is 5.94. The van der Waals surface area contributed by atoms with Gasteiger partial charge in [-0.25, -0.2) is 14.1 Å². The van der Waals surface area contributed by atoms with Gasteiger partial charge in [-0.3, -0.25) is 19.7 Å². The summed E-state index contributed by atoms with van der Waals surface area (Å²) >= 11 is 0. The van der Waals surface area contributed by atoms with Gasteiger partial charge in [-0.2, -0.15) is 0 Å². The van der Waals surface area contributed by atoms with E-state index in [2.05, 4.69) is 10.6 Å². The number of amides is 5. The lowest BCUT2D eigenvalue weighted by Crippen LogP contribution is -2.54. The van der Waals surface area contributed by atoms with Crippen LogP contribution in [-0.4, -0.2) is 37.0 Å². The molecule has 0 unspecified atom stereocenters. The number of benzene rings is 3. The van der Waals surface area contributed by atoms with Crippen molar-refractivity contribution in [3.8, 4) is 11.5 Å². The van der Waals surface area contributed by atoms with Gasteiger partial charge in [0, 0.05) is 0 Å². The molecule has 5 amide bonds. The molecule has 1 saturated heterocycles. The molecule has 1 fully saturated rings. The first-order valence-corrected chi connectivity index (χ1v) is 12.1. The largest absolute Gasteiger partial charge is 0.490 e. The van der Waals surface area contributed by atoms with Crippen molar-refractivity contribution in [1.82, 2.24) is 5.32 Å². The first-order valence-electron chi connectivity index (χ1n) is 12.1. The molecule has 2 N–H and O–H groups in total. The molecule has 0 spiro atoms. The van der Waals surface area contributed by atoms with E-state index in [0.717, 1.165) is 16.0 Å². The molecule has 1 heterocycles. The molecule has 3 aromatic carbocycles. The number of ether oxygens (including phenoxy) is 2. The molecule has 200 valence electrons. The number of carbonyl (C=O) groups is 4. The Morgan fingerprint density at radius 1 is 0.974 bits per heavy atom. The minimum Gasteiger partial charge on any atom is -0.490 e. The highest BCUT2D eigenvalue weighted by molar-refractivity contribution is 6.39. The maximum atomic E-state index is 13.8. The Morgan fingerprint density at radius 3 is 2.46 bits per heavy atom. The fourth-order valence-corrected chi connectivity index (χ4v) is 3.82. The van der Waals surface area contributed by atoms with Crippen LogP contribution < -0.4 is 25.0 Å². The van der Waals surface area contributed by atoms with Crippen molar-refractivity contribution in [3.63, 3.8) is 0 Å². The Morgan fingerprint density at radius 2 is 1.74 bits per heavy atom. The lowest BCUT2D eigenvalue weighted by molar-refractivity contribution is -0.122. The maximum Gasteiger partial charge on any atom is 0.335 e. The number of carbonyl (C=O) groups excluding carboxylic acids is 4. The van der Waals surface area contributed by atoms with Crippen LogP contribution in [0, 0.1) is 19.7 Å². The Balaban J connectivity index is 1.55. The standard InChI is InChI=1S/C29H26FN3O6/c1-4-38-25-15-19(10-12-24(25)39-16-26(34)31-23-8-6-5-7-22(23)30)14-21-27(35)32-29(37)33(28(21)36)20-11-9-17(2)18(3)13-20/h5-15H,4,16H2,1-3H3,(H,31,34)(H,32,35,37)/b21-14-. The molecule has 0 saturated carbocycles. The monoisotopic (exact) mass is 531 g/mol. The Bertz CT molecular complexity index is 1500. The van der Waals surface area contributed by atoms with Gasteiger partial charge in [-0.1, -0.05) is 24.3 Å². The van der Waals surface area contributed by atoms with Crippen molar-refractivity contribution < 1.29 is 33.0 Å².